The van der Waals surface area contributed by atoms with Gasteiger partial charge in [0.2, 0.25) is 5.43 Å². The van der Waals surface area contributed by atoms with Gasteiger partial charge in [0.15, 0.2) is 5.75 Å². The standard InChI is InChI=1S/C9H11NO4/c1-5-8(12)7(11)3-4-10(5)6(2)9(13)14/h3-4,6,12H,1-2H3,(H,13,14)/t6-/m1/s1. The van der Waals surface area contributed by atoms with Gasteiger partial charge in [-0.1, -0.05) is 0 Å². The van der Waals surface area contributed by atoms with Crippen molar-refractivity contribution < 1.29 is 15.0 Å². The summed E-state index contributed by atoms with van der Waals surface area (Å²) < 4.78 is 1.33. The van der Waals surface area contributed by atoms with Crippen LogP contribution >= 0.6 is 0 Å². The van der Waals surface area contributed by atoms with Crippen molar-refractivity contribution >= 4 is 5.97 Å². The van der Waals surface area contributed by atoms with E-state index in [4.69, 9.17) is 5.11 Å². The summed E-state index contributed by atoms with van der Waals surface area (Å²) in [5.41, 5.74) is -0.247. The van der Waals surface area contributed by atoms with E-state index >= 15 is 0 Å². The second-order valence-electron chi connectivity index (χ2n) is 3.04. The third-order valence-corrected chi connectivity index (χ3v) is 2.12. The molecule has 0 saturated heterocycles. The number of carbonyl (C=O) groups is 1. The van der Waals surface area contributed by atoms with Crippen LogP contribution in [0.1, 0.15) is 18.7 Å². The molecule has 0 bridgehead atoms. The highest BCUT2D eigenvalue weighted by molar-refractivity contribution is 5.71. The molecule has 0 aliphatic carbocycles. The minimum atomic E-state index is -1.02. The molecule has 1 atom stereocenters. The molecule has 0 aliphatic heterocycles. The second kappa shape index (κ2) is 3.53. The van der Waals surface area contributed by atoms with Crippen LogP contribution in [0.3, 0.4) is 0 Å². The van der Waals surface area contributed by atoms with Gasteiger partial charge in [-0.05, 0) is 13.8 Å². The molecular weight excluding hydrogens is 186 g/mol. The number of hydrogen-bond acceptors (Lipinski definition) is 3. The summed E-state index contributed by atoms with van der Waals surface area (Å²) in [4.78, 5) is 21.6. The van der Waals surface area contributed by atoms with E-state index in [0.717, 1.165) is 6.07 Å². The van der Waals surface area contributed by atoms with E-state index in [-0.39, 0.29) is 5.69 Å². The number of pyridine rings is 1. The zero-order valence-corrected chi connectivity index (χ0v) is 7.89. The zero-order chi connectivity index (χ0) is 10.9. The summed E-state index contributed by atoms with van der Waals surface area (Å²) >= 11 is 0. The van der Waals surface area contributed by atoms with E-state index in [9.17, 15) is 14.7 Å². The van der Waals surface area contributed by atoms with Gasteiger partial charge in [-0.2, -0.15) is 0 Å². The van der Waals surface area contributed by atoms with E-state index in [2.05, 4.69) is 0 Å². The first-order valence-corrected chi connectivity index (χ1v) is 4.08. The summed E-state index contributed by atoms with van der Waals surface area (Å²) in [5.74, 6) is -1.42. The predicted octanol–water partition coefficient (Wildman–Crippen LogP) is 0.508. The van der Waals surface area contributed by atoms with Crippen LogP contribution in [0, 0.1) is 6.92 Å². The molecule has 0 aromatic carbocycles. The average molecular weight is 197 g/mol. The summed E-state index contributed by atoms with van der Waals surface area (Å²) in [6.07, 6.45) is 1.36. The van der Waals surface area contributed by atoms with E-state index in [1.54, 1.807) is 0 Å². The largest absolute Gasteiger partial charge is 0.503 e. The van der Waals surface area contributed by atoms with Crippen molar-refractivity contribution in [3.8, 4) is 5.75 Å². The lowest BCUT2D eigenvalue weighted by Gasteiger charge is -2.15. The molecule has 76 valence electrons. The quantitative estimate of drug-likeness (QED) is 0.723. The highest BCUT2D eigenvalue weighted by Gasteiger charge is 2.15. The Bertz CT molecular complexity index is 421. The highest BCUT2D eigenvalue weighted by atomic mass is 16.4. The second-order valence-corrected chi connectivity index (χ2v) is 3.04. The first kappa shape index (κ1) is 10.3. The van der Waals surface area contributed by atoms with Crippen LogP contribution in [0.2, 0.25) is 0 Å². The molecule has 0 radical (unpaired) electrons. The van der Waals surface area contributed by atoms with Crippen molar-refractivity contribution in [3.05, 3.63) is 28.2 Å². The minimum Gasteiger partial charge on any atom is -0.503 e. The van der Waals surface area contributed by atoms with Gasteiger partial charge in [0, 0.05) is 12.3 Å². The molecule has 0 fully saturated rings. The van der Waals surface area contributed by atoms with Crippen molar-refractivity contribution in [1.82, 2.24) is 4.57 Å². The molecular formula is C9H11NO4. The fourth-order valence-electron chi connectivity index (χ4n) is 1.18. The fraction of sp³-hybridized carbons (Fsp3) is 0.333. The molecule has 5 nitrogen and oxygen atoms in total. The van der Waals surface area contributed by atoms with Crippen molar-refractivity contribution in [1.29, 1.82) is 0 Å². The van der Waals surface area contributed by atoms with Crippen molar-refractivity contribution in [3.63, 3.8) is 0 Å². The number of carboxylic acids is 1. The lowest BCUT2D eigenvalue weighted by atomic mass is 10.2. The van der Waals surface area contributed by atoms with Crippen LogP contribution in [-0.2, 0) is 4.79 Å². The van der Waals surface area contributed by atoms with E-state index in [1.165, 1.54) is 24.6 Å². The van der Waals surface area contributed by atoms with Crippen molar-refractivity contribution in [2.75, 3.05) is 0 Å². The molecule has 2 N–H and O–H groups in total. The molecule has 14 heavy (non-hydrogen) atoms. The number of rotatable bonds is 2. The normalized spacial score (nSPS) is 12.4. The first-order valence-electron chi connectivity index (χ1n) is 4.08. The Morgan fingerprint density at radius 1 is 1.57 bits per heavy atom. The molecule has 1 heterocycles. The van der Waals surface area contributed by atoms with Crippen LogP contribution in [0.4, 0.5) is 0 Å². The molecule has 0 aliphatic rings. The number of carboxylic acid groups (broad SMARTS) is 1. The summed E-state index contributed by atoms with van der Waals surface area (Å²) in [7, 11) is 0. The Labute approximate surface area is 80.2 Å². The minimum absolute atomic E-state index is 0.257. The molecule has 0 spiro atoms. The number of hydrogen-bond donors (Lipinski definition) is 2. The maximum atomic E-state index is 11.0. The van der Waals surface area contributed by atoms with Gasteiger partial charge in [-0.25, -0.2) is 4.79 Å². The zero-order valence-electron chi connectivity index (χ0n) is 7.89. The van der Waals surface area contributed by atoms with E-state index in [0.29, 0.717) is 0 Å². The average Bonchev–Trinajstić information content (AvgIpc) is 2.13. The van der Waals surface area contributed by atoms with Crippen LogP contribution in [-0.4, -0.2) is 20.7 Å². The molecule has 1 aromatic heterocycles. The van der Waals surface area contributed by atoms with Gasteiger partial charge >= 0.3 is 5.97 Å². The lowest BCUT2D eigenvalue weighted by molar-refractivity contribution is -0.140. The highest BCUT2D eigenvalue weighted by Crippen LogP contribution is 2.14. The Morgan fingerprint density at radius 3 is 2.64 bits per heavy atom. The SMILES string of the molecule is Cc1c(O)c(=O)ccn1[C@H](C)C(=O)O. The van der Waals surface area contributed by atoms with Gasteiger partial charge in [0.1, 0.15) is 6.04 Å². The Hall–Kier alpha value is -1.78. The predicted molar refractivity (Wildman–Crippen MR) is 49.5 cm³/mol. The maximum Gasteiger partial charge on any atom is 0.326 e. The lowest BCUT2D eigenvalue weighted by Crippen LogP contribution is -2.19. The molecule has 0 amide bonds. The number of aromatic nitrogens is 1. The fourth-order valence-corrected chi connectivity index (χ4v) is 1.18. The Balaban J connectivity index is 3.31. The van der Waals surface area contributed by atoms with Gasteiger partial charge in [-0.15, -0.1) is 0 Å². The number of aliphatic carboxylic acids is 1. The molecule has 1 rings (SSSR count). The third-order valence-electron chi connectivity index (χ3n) is 2.12. The monoisotopic (exact) mass is 197 g/mol. The first-order chi connectivity index (χ1) is 6.45. The topological polar surface area (TPSA) is 79.5 Å². The van der Waals surface area contributed by atoms with Gasteiger partial charge in [0.25, 0.3) is 0 Å². The number of aromatic hydroxyl groups is 1. The summed E-state index contributed by atoms with van der Waals surface area (Å²) in [6.45, 7) is 2.97. The molecule has 0 saturated carbocycles. The van der Waals surface area contributed by atoms with Crippen molar-refractivity contribution in [2.45, 2.75) is 19.9 Å². The van der Waals surface area contributed by atoms with Gasteiger partial charge in [0.05, 0.1) is 5.69 Å². The van der Waals surface area contributed by atoms with Gasteiger partial charge in [-0.3, -0.25) is 4.79 Å². The Morgan fingerprint density at radius 2 is 2.14 bits per heavy atom. The molecule has 0 unspecified atom stereocenters. The van der Waals surface area contributed by atoms with Gasteiger partial charge < -0.3 is 14.8 Å². The third kappa shape index (κ3) is 1.61. The summed E-state index contributed by atoms with van der Waals surface area (Å²) in [5, 5.41) is 18.0. The van der Waals surface area contributed by atoms with E-state index < -0.39 is 23.2 Å². The smallest absolute Gasteiger partial charge is 0.326 e. The van der Waals surface area contributed by atoms with E-state index in [1.807, 2.05) is 0 Å². The number of nitrogens with zero attached hydrogens (tertiary/aromatic N) is 1. The van der Waals surface area contributed by atoms with Crippen LogP contribution in [0.15, 0.2) is 17.1 Å². The van der Waals surface area contributed by atoms with Crippen LogP contribution in [0.25, 0.3) is 0 Å². The van der Waals surface area contributed by atoms with Crippen LogP contribution in [0.5, 0.6) is 5.75 Å². The summed E-state index contributed by atoms with van der Waals surface area (Å²) in [6, 6.07) is 0.336. The maximum absolute atomic E-state index is 11.0. The molecule has 1 aromatic rings. The van der Waals surface area contributed by atoms with Crippen LogP contribution < -0.4 is 5.43 Å². The Kier molecular flexibility index (Phi) is 2.60. The van der Waals surface area contributed by atoms with Crippen molar-refractivity contribution in [2.24, 2.45) is 0 Å². The molecule has 5 heteroatoms.